The molecular formula is C33H42F6N2OP+. The van der Waals surface area contributed by atoms with Gasteiger partial charge in [-0.15, -0.1) is 0 Å². The van der Waals surface area contributed by atoms with Gasteiger partial charge in [0.2, 0.25) is 0 Å². The predicted octanol–water partition coefficient (Wildman–Crippen LogP) is 10.1. The first-order valence-corrected chi connectivity index (χ1v) is 15.4. The molecule has 1 aromatic carbocycles. The van der Waals surface area contributed by atoms with Crippen LogP contribution in [-0.4, -0.2) is 30.9 Å². The summed E-state index contributed by atoms with van der Waals surface area (Å²) in [6.07, 6.45) is 3.23. The van der Waals surface area contributed by atoms with Gasteiger partial charge in [0.15, 0.2) is 23.3 Å². The van der Waals surface area contributed by atoms with E-state index in [0.29, 0.717) is 52.8 Å². The fourth-order valence-electron chi connectivity index (χ4n) is 5.79. The van der Waals surface area contributed by atoms with Crippen LogP contribution in [0, 0.1) is 36.4 Å². The lowest BCUT2D eigenvalue weighted by atomic mass is 9.71. The van der Waals surface area contributed by atoms with Crippen molar-refractivity contribution in [3.05, 3.63) is 53.1 Å². The highest BCUT2D eigenvalue weighted by Crippen LogP contribution is 2.44. The molecule has 1 heterocycles. The van der Waals surface area contributed by atoms with Gasteiger partial charge in [0.25, 0.3) is 0 Å². The van der Waals surface area contributed by atoms with Crippen molar-refractivity contribution in [2.24, 2.45) is 11.8 Å². The predicted molar refractivity (Wildman–Crippen MR) is 165 cm³/mol. The van der Waals surface area contributed by atoms with Crippen LogP contribution in [0.1, 0.15) is 89.0 Å². The summed E-state index contributed by atoms with van der Waals surface area (Å²) in [7, 11) is 3.79. The summed E-state index contributed by atoms with van der Waals surface area (Å²) in [6, 6.07) is 4.14. The van der Waals surface area contributed by atoms with Gasteiger partial charge in [0, 0.05) is 24.5 Å². The van der Waals surface area contributed by atoms with Crippen molar-refractivity contribution in [3.63, 3.8) is 0 Å². The number of unbranched alkanes of at least 4 members (excludes halogenated alkanes) is 1. The van der Waals surface area contributed by atoms with Gasteiger partial charge in [-0.2, -0.15) is 22.0 Å². The van der Waals surface area contributed by atoms with Crippen LogP contribution in [-0.2, 0) is 0 Å². The summed E-state index contributed by atoms with van der Waals surface area (Å²) < 4.78 is 86.4. The molecule has 1 aliphatic rings. The number of alkyl halides is 5. The Hall–Kier alpha value is -2.56. The molecule has 0 spiro atoms. The zero-order valence-corrected chi connectivity index (χ0v) is 26.7. The van der Waals surface area contributed by atoms with E-state index in [1.54, 1.807) is 19.1 Å². The maximum Gasteiger partial charge on any atom is 0.441 e. The topological polar surface area (TPSA) is 22.1 Å². The largest absolute Gasteiger partial charge is 0.441 e. The number of benzene rings is 1. The minimum atomic E-state index is -4.41. The zero-order valence-electron chi connectivity index (χ0n) is 25.5. The Morgan fingerprint density at radius 3 is 2.33 bits per heavy atom. The van der Waals surface area contributed by atoms with Crippen LogP contribution in [0.2, 0.25) is 0 Å². The molecule has 0 radical (unpaired) electrons. The molecular weight excluding hydrogens is 585 g/mol. The first-order valence-electron chi connectivity index (χ1n) is 14.9. The van der Waals surface area contributed by atoms with Crippen LogP contribution in [0.15, 0.2) is 30.5 Å². The number of aryl methyl sites for hydroxylation is 1. The normalized spacial score (nSPS) is 17.3. The molecule has 236 valence electrons. The second-order valence-corrected chi connectivity index (χ2v) is 12.5. The van der Waals surface area contributed by atoms with E-state index >= 15 is 4.39 Å². The summed E-state index contributed by atoms with van der Waals surface area (Å²) in [6.45, 7) is 4.14. The Morgan fingerprint density at radius 2 is 1.84 bits per heavy atom. The molecule has 1 saturated carbocycles. The van der Waals surface area contributed by atoms with Crippen LogP contribution in [0.3, 0.4) is 0 Å². The number of allylic oxidation sites excluding steroid dienone is 2. The van der Waals surface area contributed by atoms with Crippen molar-refractivity contribution in [1.82, 2.24) is 9.24 Å². The number of quaternary nitrogens is 1. The third kappa shape index (κ3) is 8.54. The van der Waals surface area contributed by atoms with Gasteiger partial charge in [-0.3, -0.25) is 9.24 Å². The van der Waals surface area contributed by atoms with Crippen molar-refractivity contribution in [3.8, 4) is 17.6 Å². The van der Waals surface area contributed by atoms with E-state index in [4.69, 9.17) is 0 Å². The Balaban J connectivity index is 2.24. The summed E-state index contributed by atoms with van der Waals surface area (Å²) in [4.78, 5) is 4.68. The summed E-state index contributed by atoms with van der Waals surface area (Å²) in [5.41, 5.74) is 3.17. The molecule has 0 aliphatic heterocycles. The smallest absolute Gasteiger partial charge is 0.432 e. The van der Waals surface area contributed by atoms with E-state index in [-0.39, 0.29) is 6.42 Å². The molecule has 3 nitrogen and oxygen atoms in total. The summed E-state index contributed by atoms with van der Waals surface area (Å²) in [5, 5.41) is 0. The third-order valence-electron chi connectivity index (χ3n) is 8.49. The Morgan fingerprint density at radius 1 is 1.14 bits per heavy atom. The molecule has 3 rings (SSSR count). The fourth-order valence-corrected chi connectivity index (χ4v) is 6.32. The van der Waals surface area contributed by atoms with Crippen LogP contribution in [0.5, 0.6) is 5.75 Å². The van der Waals surface area contributed by atoms with E-state index in [1.165, 1.54) is 32.3 Å². The lowest BCUT2D eigenvalue weighted by molar-refractivity contribution is -0.167. The molecule has 0 bridgehead atoms. The molecule has 43 heavy (non-hydrogen) atoms. The number of hydrogen-bond donors (Lipinski definition) is 0. The van der Waals surface area contributed by atoms with Gasteiger partial charge in [-0.05, 0) is 66.5 Å². The van der Waals surface area contributed by atoms with Crippen molar-refractivity contribution in [2.45, 2.75) is 97.9 Å². The molecule has 4 unspecified atom stereocenters. The number of pyridine rings is 1. The maximum atomic E-state index is 15.1. The van der Waals surface area contributed by atoms with Gasteiger partial charge < -0.3 is 4.74 Å². The standard InChI is InChI=1S/C33H42F6N2OP/c1-6-9-10-14-25(26-19-28(34)30(17-21(26)4)42-32(35)36)27(18-22(7-2)23-12-11-13-23)29-16-15-24(20-40-29)41(5,43)31(8-3)33(37,38)39/h15-17,19-20,22-23,31-32H,6-9,11-13,18,43H2,1-5H3/q+1. The highest BCUT2D eigenvalue weighted by atomic mass is 31.0. The Bertz CT molecular complexity index is 1320. The molecule has 2 aromatic rings. The van der Waals surface area contributed by atoms with Gasteiger partial charge in [0.05, 0.1) is 28.3 Å². The quantitative estimate of drug-likeness (QED) is 0.133. The van der Waals surface area contributed by atoms with Crippen LogP contribution < -0.4 is 8.99 Å². The molecule has 10 heteroatoms. The average molecular weight is 628 g/mol. The Kier molecular flexibility index (Phi) is 12.1. The highest BCUT2D eigenvalue weighted by molar-refractivity contribution is 7.16. The fraction of sp³-hybridized carbons (Fsp3) is 0.545. The Labute approximate surface area is 254 Å². The second-order valence-electron chi connectivity index (χ2n) is 11.5. The van der Waals surface area contributed by atoms with E-state index in [1.807, 2.05) is 6.92 Å². The summed E-state index contributed by atoms with van der Waals surface area (Å²) >= 11 is 0. The lowest BCUT2D eigenvalue weighted by Crippen LogP contribution is -2.52. The molecule has 4 atom stereocenters. The van der Waals surface area contributed by atoms with Gasteiger partial charge in [0.1, 0.15) is 0 Å². The van der Waals surface area contributed by atoms with Gasteiger partial charge >= 0.3 is 12.8 Å². The maximum absolute atomic E-state index is 15.1. The molecule has 0 saturated heterocycles. The van der Waals surface area contributed by atoms with Crippen molar-refractivity contribution < 1.29 is 31.1 Å². The minimum Gasteiger partial charge on any atom is -0.432 e. The van der Waals surface area contributed by atoms with Gasteiger partial charge in [-0.1, -0.05) is 58.3 Å². The SMILES string of the molecule is CCCC#CC(=C(CC(CC)C1CCC1)c1ccc([N+](C)(P)C(CC)C(F)(F)F)cn1)c1cc(F)c(OC(F)F)cc1C. The zero-order chi connectivity index (χ0) is 31.9. The number of aromatic nitrogens is 1. The number of ether oxygens (including phenoxy) is 1. The third-order valence-corrected chi connectivity index (χ3v) is 9.15. The second kappa shape index (κ2) is 14.9. The van der Waals surface area contributed by atoms with Crippen molar-refractivity contribution >= 4 is 26.2 Å². The number of rotatable bonds is 12. The minimum absolute atomic E-state index is 0.108. The molecule has 1 aliphatic carbocycles. The molecule has 0 amide bonds. The van der Waals surface area contributed by atoms with Crippen molar-refractivity contribution in [1.29, 1.82) is 0 Å². The van der Waals surface area contributed by atoms with E-state index in [0.717, 1.165) is 37.7 Å². The van der Waals surface area contributed by atoms with Crippen LogP contribution in [0.25, 0.3) is 11.1 Å². The summed E-state index contributed by atoms with van der Waals surface area (Å²) in [5.74, 6) is 5.74. The molecule has 1 aromatic heterocycles. The molecule has 0 N–H and O–H groups in total. The van der Waals surface area contributed by atoms with E-state index < -0.39 is 34.6 Å². The molecule has 1 fully saturated rings. The highest BCUT2D eigenvalue weighted by Gasteiger charge is 2.50. The van der Waals surface area contributed by atoms with Crippen LogP contribution in [0.4, 0.5) is 32.0 Å². The number of halogens is 6. The first kappa shape index (κ1) is 34.9. The lowest BCUT2D eigenvalue weighted by Gasteiger charge is -2.37. The number of hydrogen-bond acceptors (Lipinski definition) is 2. The monoisotopic (exact) mass is 627 g/mol. The van der Waals surface area contributed by atoms with E-state index in [9.17, 15) is 22.0 Å². The average Bonchev–Trinajstić information content (AvgIpc) is 2.89. The first-order chi connectivity index (χ1) is 20.2. The van der Waals surface area contributed by atoms with Crippen LogP contribution >= 0.6 is 9.39 Å². The van der Waals surface area contributed by atoms with Gasteiger partial charge in [-0.25, -0.2) is 4.39 Å². The number of nitrogens with zero attached hydrogens (tertiary/aromatic N) is 2. The van der Waals surface area contributed by atoms with E-state index in [2.05, 4.69) is 37.9 Å². The van der Waals surface area contributed by atoms with Crippen molar-refractivity contribution in [2.75, 3.05) is 7.05 Å².